The van der Waals surface area contributed by atoms with E-state index in [1.807, 2.05) is 0 Å². The molecule has 0 radical (unpaired) electrons. The average Bonchev–Trinajstić information content (AvgIpc) is 1.25. The Morgan fingerprint density at radius 3 is 1.00 bits per heavy atom. The van der Waals surface area contributed by atoms with E-state index in [1.165, 1.54) is 0 Å². The molecule has 0 aromatic heterocycles. The Labute approximate surface area is 138 Å². The molecule has 0 aromatic rings. The van der Waals surface area contributed by atoms with Crippen LogP contribution in [-0.2, 0) is 0 Å². The van der Waals surface area contributed by atoms with E-state index in [4.69, 9.17) is 30.6 Å². The van der Waals surface area contributed by atoms with Gasteiger partial charge in [0.05, 0.1) is 0 Å². The van der Waals surface area contributed by atoms with Gasteiger partial charge in [0, 0.05) is 0 Å². The zero-order chi connectivity index (χ0) is 7.15. The first kappa shape index (κ1) is 22.6. The maximum absolute atomic E-state index is 8.36. The van der Waals surface area contributed by atoms with Gasteiger partial charge in [0.1, 0.15) is 0 Å². The predicted molar refractivity (Wildman–Crippen MR) is 23.3 cm³/mol. The Balaban J connectivity index is -0.0000000300. The van der Waals surface area contributed by atoms with E-state index < -0.39 is 10.2 Å². The van der Waals surface area contributed by atoms with Crippen LogP contribution < -0.4 is 51.4 Å². The summed E-state index contributed by atoms with van der Waals surface area (Å²) in [5, 5.41) is 27.3. The second-order valence-electron chi connectivity index (χ2n) is 0.476. The van der Waals surface area contributed by atoms with Crippen LogP contribution in [0, 0.1) is 20.2 Å². The standard InChI is InChI=1S/Ba.K.2HNO3/c;;2*2-1(3)4/h;;2*(H,2,3,4)/q+2;+1;;. The van der Waals surface area contributed by atoms with Crippen LogP contribution in [0.2, 0.25) is 0 Å². The zero-order valence-corrected chi connectivity index (χ0v) is 12.7. The predicted octanol–water partition coefficient (Wildman–Crippen LogP) is -4.07. The van der Waals surface area contributed by atoms with E-state index in [-0.39, 0.29) is 100 Å². The van der Waals surface area contributed by atoms with Gasteiger partial charge in [-0.2, -0.15) is 0 Å². The third-order valence-corrected chi connectivity index (χ3v) is 0. The van der Waals surface area contributed by atoms with Crippen LogP contribution in [0.3, 0.4) is 0 Å². The fourth-order valence-corrected chi connectivity index (χ4v) is 0. The summed E-state index contributed by atoms with van der Waals surface area (Å²) in [5.74, 6) is 0. The molecule has 0 bridgehead atoms. The Morgan fingerprint density at radius 2 is 1.00 bits per heavy atom. The molecule has 0 fully saturated rings. The van der Waals surface area contributed by atoms with Gasteiger partial charge in [0.2, 0.25) is 0 Å². The van der Waals surface area contributed by atoms with Crippen LogP contribution in [0.1, 0.15) is 0 Å². The molecule has 0 aromatic carbocycles. The molecule has 0 aliphatic carbocycles. The summed E-state index contributed by atoms with van der Waals surface area (Å²) in [5.41, 5.74) is 0. The molecule has 10 heteroatoms. The third-order valence-electron chi connectivity index (χ3n) is 0. The minimum Gasteiger partial charge on any atom is -0.328 e. The van der Waals surface area contributed by atoms with Crippen LogP contribution in [0.4, 0.5) is 0 Å². The summed E-state index contributed by atoms with van der Waals surface area (Å²) in [6.07, 6.45) is 0. The smallest absolute Gasteiger partial charge is 0.328 e. The number of hydrogen-bond acceptors (Lipinski definition) is 4. The van der Waals surface area contributed by atoms with Crippen LogP contribution >= 0.6 is 0 Å². The maximum atomic E-state index is 8.36. The zero-order valence-electron chi connectivity index (χ0n) is 5.13. The number of rotatable bonds is 0. The Bertz CT molecular complexity index is 73.7. The Hall–Kier alpha value is 1.61. The molecule has 0 amide bonds. The number of nitrogens with zero attached hydrogens (tertiary/aromatic N) is 2. The van der Waals surface area contributed by atoms with Gasteiger partial charge in [-0.05, 0) is 0 Å². The van der Waals surface area contributed by atoms with Crippen LogP contribution in [0.25, 0.3) is 0 Å². The second kappa shape index (κ2) is 16.9. The Kier molecular flexibility index (Phi) is 38.2. The average molecular weight is 302 g/mol. The van der Waals surface area contributed by atoms with E-state index in [0.29, 0.717) is 0 Å². The molecular formula is H2BaKN2O6+3. The van der Waals surface area contributed by atoms with Crippen molar-refractivity contribution in [2.75, 3.05) is 0 Å². The van der Waals surface area contributed by atoms with Gasteiger partial charge in [0.15, 0.2) is 0 Å². The van der Waals surface area contributed by atoms with Crippen molar-refractivity contribution < 1.29 is 72.0 Å². The molecular weight excluding hydrogens is 300 g/mol. The van der Waals surface area contributed by atoms with Crippen molar-refractivity contribution in [2.24, 2.45) is 0 Å². The molecule has 0 aliphatic heterocycles. The minimum absolute atomic E-state index is 0. The van der Waals surface area contributed by atoms with Crippen LogP contribution in [0.5, 0.6) is 0 Å². The van der Waals surface area contributed by atoms with Crippen molar-refractivity contribution in [2.45, 2.75) is 0 Å². The fraction of sp³-hybridized carbons (Fsp3) is 0. The van der Waals surface area contributed by atoms with Gasteiger partial charge in [-0.25, -0.2) is 0 Å². The first-order valence-corrected chi connectivity index (χ1v) is 1.13. The van der Waals surface area contributed by atoms with E-state index >= 15 is 0 Å². The van der Waals surface area contributed by atoms with Crippen molar-refractivity contribution in [3.63, 3.8) is 0 Å². The maximum Gasteiger partial charge on any atom is 2.00 e. The first-order valence-electron chi connectivity index (χ1n) is 1.13. The normalized spacial score (nSPS) is 4.80. The van der Waals surface area contributed by atoms with Gasteiger partial charge in [-0.3, -0.25) is 0 Å². The topological polar surface area (TPSA) is 127 Å². The van der Waals surface area contributed by atoms with E-state index in [2.05, 4.69) is 0 Å². The molecule has 0 spiro atoms. The first-order chi connectivity index (χ1) is 3.46. The van der Waals surface area contributed by atoms with E-state index in [9.17, 15) is 0 Å². The second-order valence-corrected chi connectivity index (χ2v) is 0.476. The van der Waals surface area contributed by atoms with Gasteiger partial charge in [-0.1, -0.05) is 0 Å². The molecule has 0 saturated carbocycles. The van der Waals surface area contributed by atoms with E-state index in [0.717, 1.165) is 0 Å². The fourth-order valence-electron chi connectivity index (χ4n) is 0. The molecule has 0 rings (SSSR count). The molecule has 0 saturated heterocycles. The van der Waals surface area contributed by atoms with Gasteiger partial charge in [-0.15, -0.1) is 20.2 Å². The summed E-state index contributed by atoms with van der Waals surface area (Å²) >= 11 is 0. The SMILES string of the molecule is O=[N+]([O-])O.O=[N+]([O-])O.[Ba+2].[K+]. The van der Waals surface area contributed by atoms with Gasteiger partial charge >= 0.3 is 100 Å². The number of hydrogen-bond donors (Lipinski definition) is 2. The summed E-state index contributed by atoms with van der Waals surface area (Å²) in [6, 6.07) is 0. The monoisotopic (exact) mass is 303 g/mol. The summed E-state index contributed by atoms with van der Waals surface area (Å²) in [4.78, 5) is 16.7. The van der Waals surface area contributed by atoms with Crippen molar-refractivity contribution in [1.82, 2.24) is 0 Å². The molecule has 48 valence electrons. The molecule has 2 N–H and O–H groups in total. The summed E-state index contributed by atoms with van der Waals surface area (Å²) < 4.78 is 0. The molecule has 0 atom stereocenters. The third kappa shape index (κ3) is 275. The van der Waals surface area contributed by atoms with Crippen LogP contribution in [-0.4, -0.2) is 69.5 Å². The molecule has 0 unspecified atom stereocenters. The van der Waals surface area contributed by atoms with Gasteiger partial charge < -0.3 is 10.4 Å². The molecule has 8 nitrogen and oxygen atoms in total. The quantitative estimate of drug-likeness (QED) is 0.266. The largest absolute Gasteiger partial charge is 2.00 e. The molecule has 0 aliphatic rings. The minimum atomic E-state index is -1.50. The Morgan fingerprint density at radius 1 is 1.00 bits per heavy atom. The van der Waals surface area contributed by atoms with Crippen molar-refractivity contribution >= 4 is 48.9 Å². The summed E-state index contributed by atoms with van der Waals surface area (Å²) in [7, 11) is 0. The van der Waals surface area contributed by atoms with Crippen molar-refractivity contribution in [3.05, 3.63) is 20.2 Å². The molecule has 10 heavy (non-hydrogen) atoms. The van der Waals surface area contributed by atoms with Crippen LogP contribution in [0.15, 0.2) is 0 Å². The van der Waals surface area contributed by atoms with E-state index in [1.54, 1.807) is 0 Å². The van der Waals surface area contributed by atoms with Gasteiger partial charge in [0.25, 0.3) is 10.2 Å². The van der Waals surface area contributed by atoms with Crippen molar-refractivity contribution in [3.8, 4) is 0 Å². The summed E-state index contributed by atoms with van der Waals surface area (Å²) in [6.45, 7) is 0. The molecule has 0 heterocycles. The van der Waals surface area contributed by atoms with Crippen molar-refractivity contribution in [1.29, 1.82) is 0 Å².